The average molecular weight is 307 g/mol. The van der Waals surface area contributed by atoms with E-state index < -0.39 is 10.0 Å². The normalized spacial score (nSPS) is 15.0. The standard InChI is InChI=1S/C16H21NO3S/c1-13(15-8-5-4-6-9-15)12-21(18,19)17(3)14(2)16-10-7-11-20-16/h4-11,13-14H,12H2,1-3H3/t13-,14-/m1/s1. The Morgan fingerprint density at radius 2 is 1.76 bits per heavy atom. The average Bonchev–Trinajstić information content (AvgIpc) is 3.00. The van der Waals surface area contributed by atoms with Crippen LogP contribution < -0.4 is 0 Å². The van der Waals surface area contributed by atoms with E-state index in [0.29, 0.717) is 5.76 Å². The Morgan fingerprint density at radius 1 is 1.10 bits per heavy atom. The van der Waals surface area contributed by atoms with Crippen LogP contribution >= 0.6 is 0 Å². The number of rotatable bonds is 6. The molecule has 0 unspecified atom stereocenters. The molecule has 0 amide bonds. The van der Waals surface area contributed by atoms with Crippen molar-refractivity contribution >= 4 is 10.0 Å². The second kappa shape index (κ2) is 6.45. The molecule has 0 bridgehead atoms. The highest BCUT2D eigenvalue weighted by atomic mass is 32.2. The topological polar surface area (TPSA) is 50.5 Å². The lowest BCUT2D eigenvalue weighted by atomic mass is 10.0. The van der Waals surface area contributed by atoms with Crippen molar-refractivity contribution in [1.82, 2.24) is 4.31 Å². The summed E-state index contributed by atoms with van der Waals surface area (Å²) in [5.41, 5.74) is 1.03. The molecule has 0 spiro atoms. The predicted octanol–water partition coefficient (Wildman–Crippen LogP) is 3.41. The van der Waals surface area contributed by atoms with Crippen LogP contribution in [-0.4, -0.2) is 25.5 Å². The van der Waals surface area contributed by atoms with Crippen LogP contribution in [0.1, 0.15) is 37.1 Å². The molecular formula is C16H21NO3S. The molecule has 0 aliphatic carbocycles. The number of furan rings is 1. The van der Waals surface area contributed by atoms with Crippen molar-refractivity contribution in [1.29, 1.82) is 0 Å². The summed E-state index contributed by atoms with van der Waals surface area (Å²) in [6.45, 7) is 3.75. The van der Waals surface area contributed by atoms with Gasteiger partial charge in [0.2, 0.25) is 10.0 Å². The molecule has 5 heteroatoms. The minimum atomic E-state index is -3.36. The van der Waals surface area contributed by atoms with Crippen LogP contribution in [0.5, 0.6) is 0 Å². The maximum Gasteiger partial charge on any atom is 0.215 e. The molecule has 0 N–H and O–H groups in total. The third kappa shape index (κ3) is 3.74. The van der Waals surface area contributed by atoms with Gasteiger partial charge >= 0.3 is 0 Å². The fourth-order valence-electron chi connectivity index (χ4n) is 2.26. The van der Waals surface area contributed by atoms with Gasteiger partial charge in [-0.1, -0.05) is 37.3 Å². The minimum absolute atomic E-state index is 0.0533. The monoisotopic (exact) mass is 307 g/mol. The molecule has 2 atom stereocenters. The molecule has 0 radical (unpaired) electrons. The Labute approximate surface area is 126 Å². The van der Waals surface area contributed by atoms with Gasteiger partial charge < -0.3 is 4.42 Å². The van der Waals surface area contributed by atoms with Gasteiger partial charge in [-0.15, -0.1) is 0 Å². The molecule has 1 aromatic heterocycles. The maximum atomic E-state index is 12.5. The van der Waals surface area contributed by atoms with E-state index in [2.05, 4.69) is 0 Å². The molecule has 1 heterocycles. The van der Waals surface area contributed by atoms with E-state index in [-0.39, 0.29) is 17.7 Å². The molecule has 2 aromatic rings. The lowest BCUT2D eigenvalue weighted by Crippen LogP contribution is -2.33. The van der Waals surface area contributed by atoms with E-state index in [1.165, 1.54) is 4.31 Å². The Bertz CT molecular complexity index is 650. The molecule has 0 saturated heterocycles. The third-order valence-electron chi connectivity index (χ3n) is 3.77. The van der Waals surface area contributed by atoms with Gasteiger partial charge in [-0.25, -0.2) is 8.42 Å². The Kier molecular flexibility index (Phi) is 4.85. The van der Waals surface area contributed by atoms with Crippen molar-refractivity contribution < 1.29 is 12.8 Å². The van der Waals surface area contributed by atoms with E-state index in [1.54, 1.807) is 25.4 Å². The summed E-state index contributed by atoms with van der Waals surface area (Å²) in [6, 6.07) is 12.9. The van der Waals surface area contributed by atoms with E-state index >= 15 is 0 Å². The summed E-state index contributed by atoms with van der Waals surface area (Å²) >= 11 is 0. The second-order valence-electron chi connectivity index (χ2n) is 5.30. The van der Waals surface area contributed by atoms with Crippen molar-refractivity contribution in [2.75, 3.05) is 12.8 Å². The second-order valence-corrected chi connectivity index (χ2v) is 7.37. The number of hydrogen-bond donors (Lipinski definition) is 0. The lowest BCUT2D eigenvalue weighted by molar-refractivity contribution is 0.339. The Balaban J connectivity index is 2.11. The summed E-state index contributed by atoms with van der Waals surface area (Å²) in [6.07, 6.45) is 1.55. The smallest absolute Gasteiger partial charge is 0.215 e. The molecule has 0 fully saturated rings. The summed E-state index contributed by atoms with van der Waals surface area (Å²) in [4.78, 5) is 0. The first-order chi connectivity index (χ1) is 9.92. The number of hydrogen-bond acceptors (Lipinski definition) is 3. The van der Waals surface area contributed by atoms with Gasteiger partial charge in [0.25, 0.3) is 0 Å². The third-order valence-corrected chi connectivity index (χ3v) is 5.88. The fourth-order valence-corrected chi connectivity index (χ4v) is 3.91. The molecule has 0 saturated carbocycles. The molecule has 0 aliphatic heterocycles. The quantitative estimate of drug-likeness (QED) is 0.822. The molecule has 21 heavy (non-hydrogen) atoms. The number of sulfonamides is 1. The maximum absolute atomic E-state index is 12.5. The first kappa shape index (κ1) is 15.8. The first-order valence-electron chi connectivity index (χ1n) is 6.96. The highest BCUT2D eigenvalue weighted by Crippen LogP contribution is 2.25. The van der Waals surface area contributed by atoms with Crippen molar-refractivity contribution in [3.63, 3.8) is 0 Å². The molecule has 2 rings (SSSR count). The Morgan fingerprint density at radius 3 is 2.33 bits per heavy atom. The lowest BCUT2D eigenvalue weighted by Gasteiger charge is -2.24. The number of benzene rings is 1. The van der Waals surface area contributed by atoms with E-state index in [9.17, 15) is 8.42 Å². The van der Waals surface area contributed by atoms with E-state index in [1.807, 2.05) is 44.2 Å². The van der Waals surface area contributed by atoms with Gasteiger partial charge in [-0.2, -0.15) is 4.31 Å². The molecule has 114 valence electrons. The summed E-state index contributed by atoms with van der Waals surface area (Å²) in [7, 11) is -1.76. The fraction of sp³-hybridized carbons (Fsp3) is 0.375. The van der Waals surface area contributed by atoms with Crippen molar-refractivity contribution in [2.24, 2.45) is 0 Å². The molecule has 4 nitrogen and oxygen atoms in total. The van der Waals surface area contributed by atoms with Crippen molar-refractivity contribution in [3.8, 4) is 0 Å². The van der Waals surface area contributed by atoms with Gasteiger partial charge in [0.15, 0.2) is 0 Å². The largest absolute Gasteiger partial charge is 0.468 e. The van der Waals surface area contributed by atoms with Gasteiger partial charge in [0.05, 0.1) is 18.1 Å². The number of nitrogens with zero attached hydrogens (tertiary/aromatic N) is 1. The minimum Gasteiger partial charge on any atom is -0.468 e. The van der Waals surface area contributed by atoms with Crippen LogP contribution in [0.15, 0.2) is 53.1 Å². The molecule has 1 aromatic carbocycles. The first-order valence-corrected chi connectivity index (χ1v) is 8.57. The van der Waals surface area contributed by atoms with Crippen LogP contribution in [0.3, 0.4) is 0 Å². The molecule has 0 aliphatic rings. The van der Waals surface area contributed by atoms with Gasteiger partial charge in [0.1, 0.15) is 5.76 Å². The molecular weight excluding hydrogens is 286 g/mol. The van der Waals surface area contributed by atoms with Crippen molar-refractivity contribution in [3.05, 3.63) is 60.1 Å². The predicted molar refractivity (Wildman–Crippen MR) is 83.5 cm³/mol. The SMILES string of the molecule is C[C@H](CS(=O)(=O)N(C)[C@H](C)c1ccco1)c1ccccc1. The van der Waals surface area contributed by atoms with Crippen LogP contribution in [0.4, 0.5) is 0 Å². The van der Waals surface area contributed by atoms with Gasteiger partial charge in [-0.3, -0.25) is 0 Å². The highest BCUT2D eigenvalue weighted by molar-refractivity contribution is 7.89. The highest BCUT2D eigenvalue weighted by Gasteiger charge is 2.27. The summed E-state index contributed by atoms with van der Waals surface area (Å²) in [5, 5.41) is 0. The summed E-state index contributed by atoms with van der Waals surface area (Å²) in [5.74, 6) is 0.675. The summed E-state index contributed by atoms with van der Waals surface area (Å²) < 4.78 is 31.7. The van der Waals surface area contributed by atoms with E-state index in [0.717, 1.165) is 5.56 Å². The zero-order valence-corrected chi connectivity index (χ0v) is 13.4. The van der Waals surface area contributed by atoms with Crippen molar-refractivity contribution in [2.45, 2.75) is 25.8 Å². The van der Waals surface area contributed by atoms with Gasteiger partial charge in [0, 0.05) is 7.05 Å². The zero-order valence-electron chi connectivity index (χ0n) is 12.6. The van der Waals surface area contributed by atoms with Crippen LogP contribution in [-0.2, 0) is 10.0 Å². The zero-order chi connectivity index (χ0) is 15.5. The van der Waals surface area contributed by atoms with Crippen LogP contribution in [0, 0.1) is 0 Å². The Hall–Kier alpha value is -1.59. The van der Waals surface area contributed by atoms with E-state index in [4.69, 9.17) is 4.42 Å². The van der Waals surface area contributed by atoms with Gasteiger partial charge in [-0.05, 0) is 30.5 Å². The van der Waals surface area contributed by atoms with Crippen LogP contribution in [0.25, 0.3) is 0 Å². The van der Waals surface area contributed by atoms with Crippen LogP contribution in [0.2, 0.25) is 0 Å².